The van der Waals surface area contributed by atoms with Crippen LogP contribution in [0.25, 0.3) is 10.9 Å². The second kappa shape index (κ2) is 10.3. The second-order valence-corrected chi connectivity index (χ2v) is 9.38. The normalized spacial score (nSPS) is 14.2. The average Bonchev–Trinajstić information content (AvgIpc) is 3.14. The number of benzene rings is 1. The van der Waals surface area contributed by atoms with Gasteiger partial charge in [0.05, 0.1) is 17.4 Å². The maximum Gasteiger partial charge on any atom is 0.210 e. The largest absolute Gasteiger partial charge is 0.367 e. The fraction of sp³-hybridized carbons (Fsp3) is 0.417. The van der Waals surface area contributed by atoms with Crippen LogP contribution in [0.3, 0.4) is 0 Å². The minimum Gasteiger partial charge on any atom is -0.367 e. The molecule has 0 amide bonds. The van der Waals surface area contributed by atoms with Crippen molar-refractivity contribution in [2.45, 2.75) is 53.0 Å². The van der Waals surface area contributed by atoms with Gasteiger partial charge in [0.25, 0.3) is 0 Å². The number of rotatable bonds is 5. The first-order valence-corrected chi connectivity index (χ1v) is 12.4. The first-order chi connectivity index (χ1) is 15.9. The molecule has 1 unspecified atom stereocenters. The Morgan fingerprint density at radius 3 is 2.35 bits per heavy atom. The predicted octanol–water partition coefficient (Wildman–Crippen LogP) is -0.627. The Balaban J connectivity index is 0.000000588. The van der Waals surface area contributed by atoms with E-state index in [1.807, 2.05) is 0 Å². The molecule has 1 atom stereocenters. The van der Waals surface area contributed by atoms with Crippen LogP contribution in [0.2, 0.25) is 0 Å². The molecule has 0 fully saturated rings. The Morgan fingerprint density at radius 1 is 1.15 bits per heavy atom. The number of halogens is 1. The molecule has 34 heavy (non-hydrogen) atoms. The number of aryl methyl sites for hydroxylation is 2. The van der Waals surface area contributed by atoms with Gasteiger partial charge in [0.15, 0.2) is 0 Å². The number of nitrogens with two attached hydrogens (primary N) is 1. The van der Waals surface area contributed by atoms with E-state index in [9.17, 15) is 0 Å². The lowest BCUT2D eigenvalue weighted by atomic mass is 9.92. The molecule has 0 bridgehead atoms. The minimum absolute atomic E-state index is 0.301. The van der Waals surface area contributed by atoms with Crippen molar-refractivity contribution in [1.29, 1.82) is 0 Å². The van der Waals surface area contributed by atoms with Gasteiger partial charge in [-0.1, -0.05) is 30.2 Å². The average molecular weight is 490 g/mol. The van der Waals surface area contributed by atoms with Crippen molar-refractivity contribution in [2.75, 3.05) is 24.3 Å². The number of H-pyrrole nitrogens is 1. The molecule has 3 aromatic rings. The van der Waals surface area contributed by atoms with E-state index < -0.39 is 10.2 Å². The van der Waals surface area contributed by atoms with E-state index in [-0.39, 0.29) is 0 Å². The summed E-state index contributed by atoms with van der Waals surface area (Å²) in [6.45, 7) is 9.37. The Bertz CT molecular complexity index is 1170. The third kappa shape index (κ3) is 5.68. The fourth-order valence-electron chi connectivity index (χ4n) is 4.70. The fourth-order valence-corrected chi connectivity index (χ4v) is 4.70. The molecule has 0 saturated carbocycles. The van der Waals surface area contributed by atoms with Crippen LogP contribution in [0.5, 0.6) is 0 Å². The van der Waals surface area contributed by atoms with Crippen molar-refractivity contribution in [3.63, 3.8) is 0 Å². The van der Waals surface area contributed by atoms with Gasteiger partial charge >= 0.3 is 0 Å². The van der Waals surface area contributed by atoms with E-state index in [1.54, 1.807) is 4.68 Å². The monoisotopic (exact) mass is 489 g/mol. The summed E-state index contributed by atoms with van der Waals surface area (Å²) in [7, 11) is -2.74. The van der Waals surface area contributed by atoms with E-state index in [4.69, 9.17) is 24.5 Å². The van der Waals surface area contributed by atoms with Crippen molar-refractivity contribution < 1.29 is 33.6 Å². The molecule has 1 aromatic carbocycles. The molecule has 3 N–H and O–H groups in total. The topological polar surface area (TPSA) is 154 Å². The number of hydrogen-bond acceptors (Lipinski definition) is 7. The molecule has 2 aromatic heterocycles. The highest BCUT2D eigenvalue weighted by atomic mass is 35.7. The SMILES string of the molecule is CCCC(c1cccc2[nH]c3c(c12)CCN=C3C)N(C)c1cc(C)[n+](N)c(C)c1.[O-][Cl+3]([O-])([O-])[O-]. The minimum atomic E-state index is -4.94. The van der Waals surface area contributed by atoms with Crippen molar-refractivity contribution in [2.24, 2.45) is 4.99 Å². The number of nitrogen functional groups attached to an aromatic ring is 1. The maximum atomic E-state index is 8.49. The molecule has 10 heteroatoms. The zero-order valence-electron chi connectivity index (χ0n) is 20.2. The van der Waals surface area contributed by atoms with Gasteiger partial charge < -0.3 is 9.88 Å². The molecular formula is C24H32ClN5O4. The third-order valence-corrected chi connectivity index (χ3v) is 6.30. The lowest BCUT2D eigenvalue weighted by molar-refractivity contribution is -2.00. The van der Waals surface area contributed by atoms with E-state index in [2.05, 4.69) is 80.0 Å². The van der Waals surface area contributed by atoms with Crippen molar-refractivity contribution in [3.8, 4) is 0 Å². The second-order valence-electron chi connectivity index (χ2n) is 8.63. The summed E-state index contributed by atoms with van der Waals surface area (Å²) in [4.78, 5) is 10.7. The quantitative estimate of drug-likeness (QED) is 0.359. The highest BCUT2D eigenvalue weighted by Gasteiger charge is 2.25. The van der Waals surface area contributed by atoms with Gasteiger partial charge in [-0.15, -0.1) is 10.2 Å². The molecule has 3 heterocycles. The smallest absolute Gasteiger partial charge is 0.210 e. The first kappa shape index (κ1) is 25.9. The Hall–Kier alpha value is -2.69. The van der Waals surface area contributed by atoms with Gasteiger partial charge in [0.1, 0.15) is 0 Å². The van der Waals surface area contributed by atoms with E-state index in [1.165, 1.54) is 33.4 Å². The molecular weight excluding hydrogens is 458 g/mol. The number of nitrogens with zero attached hydrogens (tertiary/aromatic N) is 3. The van der Waals surface area contributed by atoms with E-state index in [0.717, 1.165) is 42.9 Å². The van der Waals surface area contributed by atoms with Gasteiger partial charge in [-0.3, -0.25) is 4.99 Å². The summed E-state index contributed by atoms with van der Waals surface area (Å²) in [5.74, 6) is 6.13. The molecule has 0 aliphatic carbocycles. The molecule has 1 aliphatic heterocycles. The summed E-state index contributed by atoms with van der Waals surface area (Å²) in [6, 6.07) is 11.3. The van der Waals surface area contributed by atoms with Gasteiger partial charge in [-0.25, -0.2) is 24.5 Å². The number of anilines is 1. The standard InChI is InChI=1S/C24H32N5.ClHO4/c1-6-8-22(28(5)18-13-15(2)29(25)16(3)14-18)19-9-7-10-21-23(19)20-11-12-26-17(4)24(20)27-21;2-1(3,4)5/h7,9-10,13-14,22,27H,6,8,11-12,25H2,1-5H3;(H,2,3,4,5)/q+1;/p-1. The zero-order chi connectivity index (χ0) is 25.2. The van der Waals surface area contributed by atoms with Crippen LogP contribution in [-0.2, 0) is 6.42 Å². The van der Waals surface area contributed by atoms with Crippen LogP contribution in [-0.4, -0.2) is 24.3 Å². The summed E-state index contributed by atoms with van der Waals surface area (Å²) in [5.41, 5.74) is 9.72. The summed E-state index contributed by atoms with van der Waals surface area (Å²) in [5, 5.41) is 1.39. The lowest BCUT2D eigenvalue weighted by Crippen LogP contribution is -2.68. The molecule has 0 saturated heterocycles. The number of nitrogens with one attached hydrogen (secondary N) is 1. The highest BCUT2D eigenvalue weighted by Crippen LogP contribution is 2.37. The van der Waals surface area contributed by atoms with Gasteiger partial charge in [-0.2, -0.15) is 0 Å². The summed E-state index contributed by atoms with van der Waals surface area (Å²) in [6.07, 6.45) is 3.22. The van der Waals surface area contributed by atoms with Crippen LogP contribution < -0.4 is 34.1 Å². The van der Waals surface area contributed by atoms with Crippen LogP contribution in [0, 0.1) is 24.1 Å². The Kier molecular flexibility index (Phi) is 7.84. The number of aliphatic imine (C=N–C) groups is 1. The highest BCUT2D eigenvalue weighted by molar-refractivity contribution is 6.05. The number of pyridine rings is 1. The van der Waals surface area contributed by atoms with Crippen LogP contribution in [0.15, 0.2) is 35.3 Å². The molecule has 4 rings (SSSR count). The van der Waals surface area contributed by atoms with Gasteiger partial charge in [-0.05, 0) is 37.0 Å². The first-order valence-electron chi connectivity index (χ1n) is 11.2. The van der Waals surface area contributed by atoms with E-state index in [0.29, 0.717) is 6.04 Å². The lowest BCUT2D eigenvalue weighted by Gasteiger charge is -2.31. The van der Waals surface area contributed by atoms with Crippen LogP contribution in [0.1, 0.15) is 60.9 Å². The molecule has 0 spiro atoms. The van der Waals surface area contributed by atoms with Crippen LogP contribution in [0.4, 0.5) is 5.69 Å². The number of aromatic nitrogens is 2. The third-order valence-electron chi connectivity index (χ3n) is 6.30. The number of aromatic amines is 1. The summed E-state index contributed by atoms with van der Waals surface area (Å²) >= 11 is 0. The maximum absolute atomic E-state index is 8.49. The molecule has 184 valence electrons. The zero-order valence-corrected chi connectivity index (χ0v) is 21.0. The van der Waals surface area contributed by atoms with Crippen molar-refractivity contribution >= 4 is 22.3 Å². The van der Waals surface area contributed by atoms with Crippen molar-refractivity contribution in [1.82, 2.24) is 4.98 Å². The van der Waals surface area contributed by atoms with Crippen LogP contribution >= 0.6 is 0 Å². The van der Waals surface area contributed by atoms with Gasteiger partial charge in [0.2, 0.25) is 11.4 Å². The molecule has 9 nitrogen and oxygen atoms in total. The van der Waals surface area contributed by atoms with E-state index >= 15 is 0 Å². The number of hydrogen-bond donors (Lipinski definition) is 2. The van der Waals surface area contributed by atoms with Gasteiger partial charge in [0, 0.05) is 56.2 Å². The predicted molar refractivity (Wildman–Crippen MR) is 121 cm³/mol. The Labute approximate surface area is 201 Å². The van der Waals surface area contributed by atoms with Crippen molar-refractivity contribution in [3.05, 3.63) is 58.5 Å². The Morgan fingerprint density at radius 2 is 1.76 bits per heavy atom. The molecule has 1 aliphatic rings. The number of fused-ring (bicyclic) bond motifs is 3. The molecule has 0 radical (unpaired) electrons. The summed E-state index contributed by atoms with van der Waals surface area (Å²) < 4.78 is 35.7.